The summed E-state index contributed by atoms with van der Waals surface area (Å²) in [5, 5.41) is 0. The Bertz CT molecular complexity index is 536. The van der Waals surface area contributed by atoms with Crippen molar-refractivity contribution in [1.82, 2.24) is 0 Å². The Balaban J connectivity index is 2.56. The molecule has 0 amide bonds. The zero-order valence-corrected chi connectivity index (χ0v) is 11.9. The van der Waals surface area contributed by atoms with Crippen molar-refractivity contribution in [3.8, 4) is 17.2 Å². The summed E-state index contributed by atoms with van der Waals surface area (Å²) >= 11 is 0. The van der Waals surface area contributed by atoms with Gasteiger partial charge in [0.25, 0.3) is 0 Å². The molecule has 1 aromatic carbocycles. The van der Waals surface area contributed by atoms with Crippen LogP contribution in [0.4, 0.5) is 0 Å². The van der Waals surface area contributed by atoms with Crippen LogP contribution in [-0.2, 0) is 4.74 Å². The highest BCUT2D eigenvalue weighted by molar-refractivity contribution is 5.98. The minimum Gasteiger partial charge on any atom is -0.493 e. The summed E-state index contributed by atoms with van der Waals surface area (Å²) in [5.41, 5.74) is 1.19. The number of hydrogen-bond acceptors (Lipinski definition) is 5. The lowest BCUT2D eigenvalue weighted by atomic mass is 9.99. The Morgan fingerprint density at radius 3 is 2.50 bits per heavy atom. The van der Waals surface area contributed by atoms with E-state index in [1.54, 1.807) is 19.3 Å². The van der Waals surface area contributed by atoms with Gasteiger partial charge in [0.1, 0.15) is 11.7 Å². The van der Waals surface area contributed by atoms with Gasteiger partial charge in [-0.1, -0.05) is 6.08 Å². The Morgan fingerprint density at radius 1 is 1.25 bits per heavy atom. The second-order valence-corrected chi connectivity index (χ2v) is 4.37. The molecule has 0 aliphatic carbocycles. The van der Waals surface area contributed by atoms with Crippen molar-refractivity contribution in [2.45, 2.75) is 18.9 Å². The van der Waals surface area contributed by atoms with Gasteiger partial charge in [-0.05, 0) is 18.9 Å². The van der Waals surface area contributed by atoms with Crippen LogP contribution in [0.3, 0.4) is 0 Å². The minimum absolute atomic E-state index is 0.302. The molecule has 0 fully saturated rings. The number of benzene rings is 1. The van der Waals surface area contributed by atoms with Gasteiger partial charge >= 0.3 is 5.97 Å². The molecule has 1 heterocycles. The maximum Gasteiger partial charge on any atom is 0.343 e. The number of carbonyl (C=O) groups is 1. The number of ether oxygens (including phenoxy) is 4. The predicted molar refractivity (Wildman–Crippen MR) is 73.7 cm³/mol. The molecule has 108 valence electrons. The summed E-state index contributed by atoms with van der Waals surface area (Å²) in [6, 6.07) is 1.77. The number of allylic oxidation sites excluding steroid dienone is 1. The number of carbonyl (C=O) groups excluding carboxylic acids is 1. The molecule has 1 atom stereocenters. The van der Waals surface area contributed by atoms with E-state index < -0.39 is 5.97 Å². The van der Waals surface area contributed by atoms with Crippen LogP contribution in [0.2, 0.25) is 0 Å². The van der Waals surface area contributed by atoms with Crippen LogP contribution in [0.15, 0.2) is 18.7 Å². The van der Waals surface area contributed by atoms with Gasteiger partial charge in [-0.25, -0.2) is 4.79 Å². The lowest BCUT2D eigenvalue weighted by Gasteiger charge is -2.15. The zero-order valence-electron chi connectivity index (χ0n) is 11.9. The number of rotatable bonds is 6. The van der Waals surface area contributed by atoms with Crippen molar-refractivity contribution < 1.29 is 23.7 Å². The molecule has 5 heteroatoms. The maximum absolute atomic E-state index is 12.1. The van der Waals surface area contributed by atoms with E-state index in [2.05, 4.69) is 6.58 Å². The monoisotopic (exact) mass is 278 g/mol. The number of hydrogen-bond donors (Lipinski definition) is 0. The zero-order chi connectivity index (χ0) is 14.7. The van der Waals surface area contributed by atoms with Crippen LogP contribution in [0.1, 0.15) is 34.9 Å². The van der Waals surface area contributed by atoms with Gasteiger partial charge in [-0.3, -0.25) is 0 Å². The third kappa shape index (κ3) is 2.19. The van der Waals surface area contributed by atoms with E-state index in [1.807, 2.05) is 0 Å². The fraction of sp³-hybridized carbons (Fsp3) is 0.400. The van der Waals surface area contributed by atoms with E-state index in [0.717, 1.165) is 12.0 Å². The van der Waals surface area contributed by atoms with Crippen molar-refractivity contribution in [1.29, 1.82) is 0 Å². The van der Waals surface area contributed by atoms with E-state index in [-0.39, 0.29) is 6.10 Å². The second kappa shape index (κ2) is 5.86. The van der Waals surface area contributed by atoms with E-state index >= 15 is 0 Å². The molecule has 0 radical (unpaired) electrons. The average molecular weight is 278 g/mol. The Morgan fingerprint density at radius 2 is 1.95 bits per heavy atom. The van der Waals surface area contributed by atoms with Gasteiger partial charge < -0.3 is 18.9 Å². The third-order valence-corrected chi connectivity index (χ3v) is 3.29. The van der Waals surface area contributed by atoms with Gasteiger partial charge in [0.15, 0.2) is 11.5 Å². The summed E-state index contributed by atoms with van der Waals surface area (Å²) in [6.07, 6.45) is 2.93. The molecule has 1 aliphatic heterocycles. The van der Waals surface area contributed by atoms with Gasteiger partial charge in [-0.2, -0.15) is 0 Å². The highest BCUT2D eigenvalue weighted by atomic mass is 16.6. The van der Waals surface area contributed by atoms with Gasteiger partial charge in [0.2, 0.25) is 5.75 Å². The summed E-state index contributed by atoms with van der Waals surface area (Å²) in [7, 11) is 4.53. The molecular formula is C15H18O5. The summed E-state index contributed by atoms with van der Waals surface area (Å²) < 4.78 is 21.3. The molecule has 2 rings (SSSR count). The molecule has 0 spiro atoms. The fourth-order valence-electron chi connectivity index (χ4n) is 2.37. The molecule has 5 nitrogen and oxygen atoms in total. The molecule has 0 saturated heterocycles. The largest absolute Gasteiger partial charge is 0.493 e. The number of fused-ring (bicyclic) bond motifs is 1. The van der Waals surface area contributed by atoms with E-state index in [1.165, 1.54) is 14.2 Å². The van der Waals surface area contributed by atoms with Crippen LogP contribution >= 0.6 is 0 Å². The van der Waals surface area contributed by atoms with Crippen LogP contribution in [0, 0.1) is 0 Å². The first-order valence-corrected chi connectivity index (χ1v) is 6.32. The van der Waals surface area contributed by atoms with Gasteiger partial charge in [0.05, 0.1) is 21.3 Å². The first-order valence-electron chi connectivity index (χ1n) is 6.32. The highest BCUT2D eigenvalue weighted by Gasteiger charge is 2.37. The summed E-state index contributed by atoms with van der Waals surface area (Å²) in [5.74, 6) is 0.875. The normalized spacial score (nSPS) is 16.4. The van der Waals surface area contributed by atoms with Crippen molar-refractivity contribution in [3.63, 3.8) is 0 Å². The molecule has 1 unspecified atom stereocenters. The second-order valence-electron chi connectivity index (χ2n) is 4.37. The molecule has 20 heavy (non-hydrogen) atoms. The summed E-state index contributed by atoms with van der Waals surface area (Å²) in [4.78, 5) is 12.1. The highest BCUT2D eigenvalue weighted by Crippen LogP contribution is 2.48. The van der Waals surface area contributed by atoms with Crippen molar-refractivity contribution in [2.24, 2.45) is 0 Å². The van der Waals surface area contributed by atoms with Crippen molar-refractivity contribution >= 4 is 5.97 Å². The average Bonchev–Trinajstić information content (AvgIpc) is 2.79. The first-order chi connectivity index (χ1) is 9.67. The molecular weight excluding hydrogens is 260 g/mol. The number of cyclic esters (lactones) is 1. The van der Waals surface area contributed by atoms with E-state index in [4.69, 9.17) is 18.9 Å². The van der Waals surface area contributed by atoms with Crippen LogP contribution in [0.25, 0.3) is 0 Å². The van der Waals surface area contributed by atoms with Crippen molar-refractivity contribution in [2.75, 3.05) is 21.3 Å². The molecule has 0 N–H and O–H groups in total. The topological polar surface area (TPSA) is 54.0 Å². The maximum atomic E-state index is 12.1. The molecule has 1 aromatic rings. The molecule has 1 aliphatic rings. The standard InChI is InChI=1S/C15H18O5/c1-5-6-7-10-9-8-11(17-2)13(18-3)14(19-4)12(9)15(16)20-10/h5,8,10H,1,6-7H2,2-4H3. The minimum atomic E-state index is -0.396. The molecule has 0 saturated carbocycles. The van der Waals surface area contributed by atoms with Crippen LogP contribution < -0.4 is 14.2 Å². The van der Waals surface area contributed by atoms with Crippen molar-refractivity contribution in [3.05, 3.63) is 29.8 Å². The molecule has 0 aromatic heterocycles. The van der Waals surface area contributed by atoms with Crippen LogP contribution in [0.5, 0.6) is 17.2 Å². The van der Waals surface area contributed by atoms with Gasteiger partial charge in [-0.15, -0.1) is 6.58 Å². The van der Waals surface area contributed by atoms with Crippen LogP contribution in [-0.4, -0.2) is 27.3 Å². The summed E-state index contributed by atoms with van der Waals surface area (Å²) in [6.45, 7) is 3.68. The molecule has 0 bridgehead atoms. The quantitative estimate of drug-likeness (QED) is 0.591. The fourth-order valence-corrected chi connectivity index (χ4v) is 2.37. The van der Waals surface area contributed by atoms with E-state index in [9.17, 15) is 4.79 Å². The SMILES string of the molecule is C=CCCC1OC(=O)c2c1cc(OC)c(OC)c2OC. The Hall–Kier alpha value is -2.17. The number of methoxy groups -OCH3 is 3. The predicted octanol–water partition coefficient (Wildman–Crippen LogP) is 2.89. The van der Waals surface area contributed by atoms with Gasteiger partial charge in [0, 0.05) is 5.56 Å². The third-order valence-electron chi connectivity index (χ3n) is 3.29. The van der Waals surface area contributed by atoms with E-state index in [0.29, 0.717) is 29.2 Å². The number of esters is 1. The smallest absolute Gasteiger partial charge is 0.343 e. The first kappa shape index (κ1) is 14.2. The lowest BCUT2D eigenvalue weighted by Crippen LogP contribution is -2.02. The Labute approximate surface area is 118 Å². The Kier molecular flexibility index (Phi) is 4.17. The lowest BCUT2D eigenvalue weighted by molar-refractivity contribution is 0.0369.